The summed E-state index contributed by atoms with van der Waals surface area (Å²) in [7, 11) is 1.71. The van der Waals surface area contributed by atoms with Gasteiger partial charge in [0.1, 0.15) is 5.75 Å². The van der Waals surface area contributed by atoms with E-state index in [1.165, 1.54) is 11.1 Å². The Morgan fingerprint density at radius 1 is 1.19 bits per heavy atom. The van der Waals surface area contributed by atoms with Crippen LogP contribution in [0.4, 0.5) is 0 Å². The normalized spacial score (nSPS) is 11.7. The summed E-state index contributed by atoms with van der Waals surface area (Å²) >= 11 is 0. The summed E-state index contributed by atoms with van der Waals surface area (Å²) < 4.78 is 5.46. The van der Waals surface area contributed by atoms with Crippen LogP contribution < -0.4 is 15.4 Å². The van der Waals surface area contributed by atoms with Crippen molar-refractivity contribution in [3.63, 3.8) is 0 Å². The van der Waals surface area contributed by atoms with Gasteiger partial charge in [0.2, 0.25) is 0 Å². The number of ether oxygens (including phenoxy) is 1. The highest BCUT2D eigenvalue weighted by Gasteiger charge is 2.25. The van der Waals surface area contributed by atoms with Crippen LogP contribution in [0, 0.1) is 12.3 Å². The highest BCUT2D eigenvalue weighted by Crippen LogP contribution is 2.30. The highest BCUT2D eigenvalue weighted by atomic mass is 127. The second-order valence-corrected chi connectivity index (χ2v) is 6.87. The lowest BCUT2D eigenvalue weighted by Crippen LogP contribution is -2.39. The molecule has 0 aliphatic carbocycles. The number of aliphatic hydroxyl groups excluding tert-OH is 1. The molecule has 0 unspecified atom stereocenters. The van der Waals surface area contributed by atoms with Gasteiger partial charge in [0.25, 0.3) is 0 Å². The zero-order valence-electron chi connectivity index (χ0n) is 17.6. The van der Waals surface area contributed by atoms with Gasteiger partial charge in [-0.15, -0.1) is 24.0 Å². The molecule has 156 valence electrons. The molecule has 0 radical (unpaired) electrons. The predicted octanol–water partition coefficient (Wildman–Crippen LogP) is 3.91. The Labute approximate surface area is 182 Å². The molecule has 0 aliphatic heterocycles. The smallest absolute Gasteiger partial charge is 0.191 e. The van der Waals surface area contributed by atoms with Gasteiger partial charge in [0, 0.05) is 26.2 Å². The number of rotatable bonds is 11. The van der Waals surface area contributed by atoms with Crippen molar-refractivity contribution in [3.8, 4) is 5.75 Å². The first-order valence-corrected chi connectivity index (χ1v) is 9.80. The summed E-state index contributed by atoms with van der Waals surface area (Å²) in [4.78, 5) is 4.79. The van der Waals surface area contributed by atoms with E-state index in [9.17, 15) is 5.11 Å². The summed E-state index contributed by atoms with van der Waals surface area (Å²) in [6.45, 7) is 11.1. The van der Waals surface area contributed by atoms with E-state index in [1.54, 1.807) is 7.11 Å². The number of halogens is 1. The van der Waals surface area contributed by atoms with E-state index in [0.717, 1.165) is 57.0 Å². The van der Waals surface area contributed by atoms with Crippen LogP contribution in [0.5, 0.6) is 5.75 Å². The second-order valence-electron chi connectivity index (χ2n) is 6.87. The van der Waals surface area contributed by atoms with Crippen LogP contribution in [-0.4, -0.2) is 44.4 Å². The minimum atomic E-state index is 0. The van der Waals surface area contributed by atoms with Crippen molar-refractivity contribution in [1.82, 2.24) is 10.6 Å². The number of hydrogen-bond donors (Lipinski definition) is 3. The van der Waals surface area contributed by atoms with E-state index in [2.05, 4.69) is 50.5 Å². The Balaban J connectivity index is 0.00000676. The van der Waals surface area contributed by atoms with Gasteiger partial charge >= 0.3 is 0 Å². The van der Waals surface area contributed by atoms with Crippen LogP contribution >= 0.6 is 24.0 Å². The average Bonchev–Trinajstić information content (AvgIpc) is 2.65. The van der Waals surface area contributed by atoms with Crippen LogP contribution in [0.1, 0.15) is 51.2 Å². The molecule has 0 heterocycles. The molecule has 0 saturated heterocycles. The summed E-state index contributed by atoms with van der Waals surface area (Å²) in [5.41, 5.74) is 2.52. The number of aryl methyl sites for hydroxylation is 1. The van der Waals surface area contributed by atoms with Gasteiger partial charge in [-0.3, -0.25) is 4.99 Å². The first kappa shape index (κ1) is 26.0. The second kappa shape index (κ2) is 14.0. The van der Waals surface area contributed by atoms with Crippen LogP contribution in [0.2, 0.25) is 0 Å². The van der Waals surface area contributed by atoms with Crippen LogP contribution in [0.3, 0.4) is 0 Å². The van der Waals surface area contributed by atoms with E-state index in [1.807, 2.05) is 6.07 Å². The van der Waals surface area contributed by atoms with Crippen LogP contribution in [-0.2, 0) is 6.42 Å². The van der Waals surface area contributed by atoms with E-state index in [0.29, 0.717) is 0 Å². The fourth-order valence-electron chi connectivity index (χ4n) is 3.15. The van der Waals surface area contributed by atoms with E-state index >= 15 is 0 Å². The Bertz CT molecular complexity index is 560. The van der Waals surface area contributed by atoms with Gasteiger partial charge in [-0.25, -0.2) is 0 Å². The Morgan fingerprint density at radius 3 is 2.44 bits per heavy atom. The van der Waals surface area contributed by atoms with Gasteiger partial charge in [0.15, 0.2) is 5.96 Å². The van der Waals surface area contributed by atoms with Crippen LogP contribution in [0.15, 0.2) is 23.2 Å². The van der Waals surface area contributed by atoms with Gasteiger partial charge in [-0.05, 0) is 56.6 Å². The molecule has 6 heteroatoms. The molecule has 1 aromatic rings. The predicted molar refractivity (Wildman–Crippen MR) is 126 cm³/mol. The van der Waals surface area contributed by atoms with Crippen molar-refractivity contribution in [2.45, 2.75) is 53.4 Å². The van der Waals surface area contributed by atoms with Crippen molar-refractivity contribution in [3.05, 3.63) is 29.3 Å². The van der Waals surface area contributed by atoms with Crippen molar-refractivity contribution in [2.75, 3.05) is 33.4 Å². The van der Waals surface area contributed by atoms with Gasteiger partial charge in [0.05, 0.1) is 7.11 Å². The molecule has 0 bridgehead atoms. The van der Waals surface area contributed by atoms with Crippen molar-refractivity contribution < 1.29 is 9.84 Å². The summed E-state index contributed by atoms with van der Waals surface area (Å²) in [6, 6.07) is 6.26. The lowest BCUT2D eigenvalue weighted by molar-refractivity contribution is 0.175. The van der Waals surface area contributed by atoms with Gasteiger partial charge in [-0.1, -0.05) is 31.5 Å². The molecule has 1 rings (SSSR count). The van der Waals surface area contributed by atoms with E-state index < -0.39 is 0 Å². The fourth-order valence-corrected chi connectivity index (χ4v) is 3.15. The Morgan fingerprint density at radius 2 is 1.89 bits per heavy atom. The van der Waals surface area contributed by atoms with E-state index in [4.69, 9.17) is 9.73 Å². The number of methoxy groups -OCH3 is 1. The van der Waals surface area contributed by atoms with Crippen LogP contribution in [0.25, 0.3) is 0 Å². The fraction of sp³-hybridized carbons (Fsp3) is 0.667. The molecule has 0 aromatic heterocycles. The highest BCUT2D eigenvalue weighted by molar-refractivity contribution is 14.0. The first-order valence-electron chi connectivity index (χ1n) is 9.80. The number of guanidine groups is 1. The lowest BCUT2D eigenvalue weighted by atomic mass is 9.79. The van der Waals surface area contributed by atoms with Crippen molar-refractivity contribution in [1.29, 1.82) is 0 Å². The third kappa shape index (κ3) is 8.68. The number of nitrogens with one attached hydrogen (secondary N) is 2. The molecular formula is C21H38IN3O2. The maximum absolute atomic E-state index is 9.38. The molecule has 3 N–H and O–H groups in total. The standard InChI is InChI=1S/C21H37N3O2.HI/c1-6-21(7-2,12-14-25)16-24-20(22-8-3)23-13-11-18-15-17(4)9-10-19(18)26-5;/h9-10,15,25H,6-8,11-14,16H2,1-5H3,(H2,22,23,24);1H. The number of aliphatic imine (C=N–C) groups is 1. The minimum Gasteiger partial charge on any atom is -0.496 e. The average molecular weight is 491 g/mol. The van der Waals surface area contributed by atoms with E-state index in [-0.39, 0.29) is 36.0 Å². The largest absolute Gasteiger partial charge is 0.496 e. The molecule has 27 heavy (non-hydrogen) atoms. The number of hydrogen-bond acceptors (Lipinski definition) is 3. The molecule has 0 saturated carbocycles. The summed E-state index contributed by atoms with van der Waals surface area (Å²) in [6.07, 6.45) is 3.71. The molecule has 0 atom stereocenters. The maximum atomic E-state index is 9.38. The number of aliphatic hydroxyl groups is 1. The molecule has 1 aromatic carbocycles. The van der Waals surface area contributed by atoms with Crippen molar-refractivity contribution in [2.24, 2.45) is 10.4 Å². The summed E-state index contributed by atoms with van der Waals surface area (Å²) in [5.74, 6) is 1.77. The molecule has 0 spiro atoms. The molecule has 0 amide bonds. The Hall–Kier alpha value is -1.02. The van der Waals surface area contributed by atoms with Gasteiger partial charge in [-0.2, -0.15) is 0 Å². The summed E-state index contributed by atoms with van der Waals surface area (Å²) in [5, 5.41) is 16.1. The number of nitrogens with zero attached hydrogens (tertiary/aromatic N) is 1. The third-order valence-electron chi connectivity index (χ3n) is 5.18. The zero-order valence-corrected chi connectivity index (χ0v) is 19.9. The molecule has 0 fully saturated rings. The lowest BCUT2D eigenvalue weighted by Gasteiger charge is -2.29. The quantitative estimate of drug-likeness (QED) is 0.250. The third-order valence-corrected chi connectivity index (χ3v) is 5.18. The molecular weight excluding hydrogens is 453 g/mol. The monoisotopic (exact) mass is 491 g/mol. The van der Waals surface area contributed by atoms with Gasteiger partial charge < -0.3 is 20.5 Å². The topological polar surface area (TPSA) is 65.9 Å². The zero-order chi connectivity index (χ0) is 19.4. The first-order chi connectivity index (χ1) is 12.5. The Kier molecular flexibility index (Phi) is 13.5. The minimum absolute atomic E-state index is 0. The van der Waals surface area contributed by atoms with Crippen molar-refractivity contribution >= 4 is 29.9 Å². The SMILES string of the molecule is CCNC(=NCC(CC)(CC)CCO)NCCc1cc(C)ccc1OC.I. The molecule has 0 aliphatic rings. The maximum Gasteiger partial charge on any atom is 0.191 e. The molecule has 5 nitrogen and oxygen atoms in total. The number of benzene rings is 1.